The minimum Gasteiger partial charge on any atom is -0.456 e. The van der Waals surface area contributed by atoms with Crippen LogP contribution in [0.2, 0.25) is 0 Å². The maximum absolute atomic E-state index is 13.4. The average molecular weight is 354 g/mol. The first kappa shape index (κ1) is 14.4. The van der Waals surface area contributed by atoms with E-state index in [1.165, 1.54) is 64.2 Å². The second kappa shape index (κ2) is 4.07. The van der Waals surface area contributed by atoms with E-state index < -0.39 is 5.60 Å². The number of hydrogen-bond donors (Lipinski definition) is 0. The van der Waals surface area contributed by atoms with Crippen molar-refractivity contribution in [3.05, 3.63) is 0 Å². The lowest BCUT2D eigenvalue weighted by Gasteiger charge is -2.58. The Morgan fingerprint density at radius 3 is 1.62 bits per heavy atom. The molecule has 10 aliphatic rings. The first-order valence-electron chi connectivity index (χ1n) is 11.5. The Balaban J connectivity index is 1.19. The normalized spacial score (nSPS) is 68.5. The quantitative estimate of drug-likeness (QED) is 0.486. The highest BCUT2D eigenvalue weighted by molar-refractivity contribution is 5.88. The van der Waals surface area contributed by atoms with Crippen LogP contribution in [0.3, 0.4) is 0 Å². The zero-order valence-electron chi connectivity index (χ0n) is 15.6. The lowest BCUT2D eigenvalue weighted by atomic mass is 9.46. The molecule has 0 amide bonds. The van der Waals surface area contributed by atoms with E-state index in [-0.39, 0.29) is 17.2 Å². The van der Waals surface area contributed by atoms with Gasteiger partial charge in [0.2, 0.25) is 0 Å². The molecule has 8 bridgehead atoms. The summed E-state index contributed by atoms with van der Waals surface area (Å²) in [6.07, 6.45) is 14.4. The summed E-state index contributed by atoms with van der Waals surface area (Å²) in [5, 5.41) is 0. The molecule has 2 saturated heterocycles. The largest absolute Gasteiger partial charge is 0.456 e. The van der Waals surface area contributed by atoms with Gasteiger partial charge in [-0.25, -0.2) is 4.79 Å². The van der Waals surface area contributed by atoms with Crippen LogP contribution in [-0.4, -0.2) is 22.8 Å². The van der Waals surface area contributed by atoms with Gasteiger partial charge in [-0.1, -0.05) is 0 Å². The van der Waals surface area contributed by atoms with Crippen LogP contribution in [0, 0.1) is 47.3 Å². The molecule has 0 aromatic heterocycles. The molecule has 3 spiro atoms. The summed E-state index contributed by atoms with van der Waals surface area (Å²) in [5.41, 5.74) is -0.761. The third-order valence-corrected chi connectivity index (χ3v) is 10.9. The first-order valence-corrected chi connectivity index (χ1v) is 11.5. The Labute approximate surface area is 155 Å². The van der Waals surface area contributed by atoms with Crippen LogP contribution < -0.4 is 0 Å². The molecule has 1 unspecified atom stereocenters. The minimum atomic E-state index is -0.523. The minimum absolute atomic E-state index is 0.0671. The fourth-order valence-electron chi connectivity index (χ4n) is 10.5. The molecule has 3 nitrogen and oxygen atoms in total. The second-order valence-corrected chi connectivity index (χ2v) is 11.9. The summed E-state index contributed by atoms with van der Waals surface area (Å²) in [6, 6.07) is 0. The maximum atomic E-state index is 13.4. The maximum Gasteiger partial charge on any atom is 0.342 e. The highest BCUT2D eigenvalue weighted by atomic mass is 16.7. The summed E-state index contributed by atoms with van der Waals surface area (Å²) < 4.78 is 13.2. The van der Waals surface area contributed by atoms with Crippen molar-refractivity contribution in [2.75, 3.05) is 0 Å². The number of esters is 1. The Morgan fingerprint density at radius 2 is 1.12 bits per heavy atom. The molecule has 8 aliphatic carbocycles. The molecule has 3 heteroatoms. The van der Waals surface area contributed by atoms with Crippen molar-refractivity contribution in [1.82, 2.24) is 0 Å². The van der Waals surface area contributed by atoms with Gasteiger partial charge in [0, 0.05) is 6.42 Å². The van der Waals surface area contributed by atoms with E-state index in [2.05, 4.69) is 0 Å². The van der Waals surface area contributed by atoms with Crippen molar-refractivity contribution in [3.63, 3.8) is 0 Å². The van der Waals surface area contributed by atoms with E-state index in [0.717, 1.165) is 30.1 Å². The predicted octanol–water partition coefficient (Wildman–Crippen LogP) is 4.09. The lowest BCUT2D eigenvalue weighted by Crippen LogP contribution is -2.58. The van der Waals surface area contributed by atoms with Crippen molar-refractivity contribution in [1.29, 1.82) is 0 Å². The molecule has 0 N–H and O–H groups in total. The Hall–Kier alpha value is -0.570. The number of epoxide rings is 1. The Bertz CT molecular complexity index is 633. The number of carbonyl (C=O) groups excluding carboxylic acids is 1. The zero-order chi connectivity index (χ0) is 16.9. The van der Waals surface area contributed by atoms with Crippen LogP contribution in [0.5, 0.6) is 0 Å². The summed E-state index contributed by atoms with van der Waals surface area (Å²) in [6.45, 7) is 0. The van der Waals surface area contributed by atoms with Gasteiger partial charge >= 0.3 is 5.97 Å². The smallest absolute Gasteiger partial charge is 0.342 e. The summed E-state index contributed by atoms with van der Waals surface area (Å²) in [7, 11) is 0. The molecule has 1 atom stereocenters. The van der Waals surface area contributed by atoms with Crippen molar-refractivity contribution in [2.24, 2.45) is 47.3 Å². The molecule has 2 heterocycles. The van der Waals surface area contributed by atoms with Crippen LogP contribution in [0.15, 0.2) is 0 Å². The van der Waals surface area contributed by atoms with Crippen molar-refractivity contribution in [2.45, 2.75) is 87.4 Å². The summed E-state index contributed by atoms with van der Waals surface area (Å²) in [5.74, 6) is 6.35. The molecule has 10 fully saturated rings. The van der Waals surface area contributed by atoms with Gasteiger partial charge in [-0.3, -0.25) is 0 Å². The lowest BCUT2D eigenvalue weighted by molar-refractivity contribution is -0.191. The predicted molar refractivity (Wildman–Crippen MR) is 94.1 cm³/mol. The van der Waals surface area contributed by atoms with E-state index in [1.54, 1.807) is 0 Å². The Morgan fingerprint density at radius 1 is 0.654 bits per heavy atom. The molecule has 0 radical (unpaired) electrons. The first-order chi connectivity index (χ1) is 12.6. The monoisotopic (exact) mass is 354 g/mol. The number of ether oxygens (including phenoxy) is 2. The van der Waals surface area contributed by atoms with Crippen LogP contribution in [0.25, 0.3) is 0 Å². The van der Waals surface area contributed by atoms with E-state index in [0.29, 0.717) is 23.7 Å². The van der Waals surface area contributed by atoms with Crippen molar-refractivity contribution >= 4 is 5.97 Å². The summed E-state index contributed by atoms with van der Waals surface area (Å²) in [4.78, 5) is 13.4. The summed E-state index contributed by atoms with van der Waals surface area (Å²) >= 11 is 0. The van der Waals surface area contributed by atoms with Crippen molar-refractivity contribution in [3.8, 4) is 0 Å². The van der Waals surface area contributed by atoms with Gasteiger partial charge < -0.3 is 9.47 Å². The molecule has 10 rings (SSSR count). The van der Waals surface area contributed by atoms with Gasteiger partial charge in [0.25, 0.3) is 0 Å². The molecular formula is C23H30O3. The van der Waals surface area contributed by atoms with Gasteiger partial charge in [0.1, 0.15) is 11.2 Å². The van der Waals surface area contributed by atoms with Crippen molar-refractivity contribution < 1.29 is 14.3 Å². The fraction of sp³-hybridized carbons (Fsp3) is 0.957. The highest BCUT2D eigenvalue weighted by Gasteiger charge is 2.88. The topological polar surface area (TPSA) is 38.8 Å². The van der Waals surface area contributed by atoms with Gasteiger partial charge in [0.05, 0.1) is 0 Å². The SMILES string of the molecule is O=C1OC2(CC13OC31C3CC4CC(C3)CC1C4)C1CC3CC(C1)CC2C3. The average Bonchev–Trinajstić information content (AvgIpc) is 3.16. The molecule has 8 saturated carbocycles. The molecule has 140 valence electrons. The third kappa shape index (κ3) is 1.35. The Kier molecular flexibility index (Phi) is 2.26. The van der Waals surface area contributed by atoms with Gasteiger partial charge in [-0.2, -0.15) is 0 Å². The standard InChI is InChI=1S/C23H30O3/c24-20-22(23(26-22)18-7-14-2-15(9-18)10-19(23)8-14)11-21(25-20)16-3-12-1-13(5-16)6-17(21)4-12/h12-19H,1-11H2. The van der Waals surface area contributed by atoms with Gasteiger partial charge in [-0.05, 0) is 112 Å². The van der Waals surface area contributed by atoms with E-state index in [1.807, 2.05) is 0 Å². The molecule has 2 aliphatic heterocycles. The molecule has 0 aromatic rings. The van der Waals surface area contributed by atoms with Gasteiger partial charge in [-0.15, -0.1) is 0 Å². The van der Waals surface area contributed by atoms with Crippen LogP contribution in [-0.2, 0) is 14.3 Å². The number of rotatable bonds is 0. The van der Waals surface area contributed by atoms with Crippen LogP contribution >= 0.6 is 0 Å². The van der Waals surface area contributed by atoms with E-state index in [9.17, 15) is 4.79 Å². The number of hydrogen-bond acceptors (Lipinski definition) is 3. The molecule has 26 heavy (non-hydrogen) atoms. The second-order valence-electron chi connectivity index (χ2n) is 11.9. The number of carbonyl (C=O) groups is 1. The van der Waals surface area contributed by atoms with Crippen LogP contribution in [0.1, 0.15) is 70.6 Å². The third-order valence-electron chi connectivity index (χ3n) is 10.9. The fourth-order valence-corrected chi connectivity index (χ4v) is 10.5. The zero-order valence-corrected chi connectivity index (χ0v) is 15.6. The molecule has 0 aromatic carbocycles. The molecular weight excluding hydrogens is 324 g/mol. The van der Waals surface area contributed by atoms with E-state index >= 15 is 0 Å². The highest BCUT2D eigenvalue weighted by Crippen LogP contribution is 2.76. The van der Waals surface area contributed by atoms with Crippen LogP contribution in [0.4, 0.5) is 0 Å². The van der Waals surface area contributed by atoms with Gasteiger partial charge in [0.15, 0.2) is 5.60 Å². The van der Waals surface area contributed by atoms with E-state index in [4.69, 9.17) is 9.47 Å².